The monoisotopic (exact) mass is 378 g/mol. The quantitative estimate of drug-likeness (QED) is 0.280. The zero-order chi connectivity index (χ0) is 19.8. The Balaban J connectivity index is 1.43. The van der Waals surface area contributed by atoms with Crippen molar-refractivity contribution in [2.45, 2.75) is 12.8 Å². The van der Waals surface area contributed by atoms with E-state index in [0.29, 0.717) is 24.3 Å². The SMILES string of the molecule is O=C(CCCOc1cccc2cccnc12)N/N=C/c1cccc([N+](=O)[O-])c1. The summed E-state index contributed by atoms with van der Waals surface area (Å²) in [6.45, 7) is 0.373. The smallest absolute Gasteiger partial charge is 0.270 e. The highest BCUT2D eigenvalue weighted by atomic mass is 16.6. The first-order valence-electron chi connectivity index (χ1n) is 8.66. The largest absolute Gasteiger partial charge is 0.491 e. The Hall–Kier alpha value is -3.81. The molecule has 1 N–H and O–H groups in total. The minimum Gasteiger partial charge on any atom is -0.491 e. The molecule has 0 saturated heterocycles. The van der Waals surface area contributed by atoms with Crippen molar-refractivity contribution in [1.29, 1.82) is 0 Å². The van der Waals surface area contributed by atoms with Crippen molar-refractivity contribution in [2.75, 3.05) is 6.61 Å². The van der Waals surface area contributed by atoms with E-state index in [9.17, 15) is 14.9 Å². The Morgan fingerprint density at radius 2 is 2.04 bits per heavy atom. The Morgan fingerprint density at radius 1 is 1.21 bits per heavy atom. The molecule has 1 heterocycles. The molecule has 0 aliphatic heterocycles. The minimum atomic E-state index is -0.485. The van der Waals surface area contributed by atoms with Crippen LogP contribution in [0.5, 0.6) is 5.75 Å². The number of aromatic nitrogens is 1. The van der Waals surface area contributed by atoms with Crippen LogP contribution in [0.2, 0.25) is 0 Å². The number of hydrazone groups is 1. The summed E-state index contributed by atoms with van der Waals surface area (Å²) in [6, 6.07) is 15.5. The standard InChI is InChI=1S/C20H18N4O4/c25-19(23-22-14-15-5-1-8-17(13-15)24(26)27)10-4-12-28-18-9-2-6-16-7-3-11-21-20(16)18/h1-3,5-9,11,13-14H,4,10,12H2,(H,23,25)/b22-14+. The van der Waals surface area contributed by atoms with Gasteiger partial charge in [-0.3, -0.25) is 19.9 Å². The van der Waals surface area contributed by atoms with Crippen LogP contribution in [0, 0.1) is 10.1 Å². The van der Waals surface area contributed by atoms with Gasteiger partial charge in [-0.25, -0.2) is 5.43 Å². The molecule has 0 radical (unpaired) electrons. The molecule has 0 unspecified atom stereocenters. The maximum atomic E-state index is 11.8. The number of nitro benzene ring substituents is 1. The van der Waals surface area contributed by atoms with Gasteiger partial charge in [0.15, 0.2) is 0 Å². The Bertz CT molecular complexity index is 1010. The number of nitrogens with zero attached hydrogens (tertiary/aromatic N) is 3. The molecule has 0 aliphatic rings. The third-order valence-corrected chi connectivity index (χ3v) is 3.89. The van der Waals surface area contributed by atoms with Gasteiger partial charge in [-0.05, 0) is 18.6 Å². The van der Waals surface area contributed by atoms with Gasteiger partial charge in [0.2, 0.25) is 5.91 Å². The van der Waals surface area contributed by atoms with E-state index in [1.165, 1.54) is 18.3 Å². The van der Waals surface area contributed by atoms with Crippen LogP contribution in [0.1, 0.15) is 18.4 Å². The number of nitrogens with one attached hydrogen (secondary N) is 1. The summed E-state index contributed by atoms with van der Waals surface area (Å²) in [7, 11) is 0. The van der Waals surface area contributed by atoms with E-state index in [4.69, 9.17) is 4.74 Å². The Morgan fingerprint density at radius 3 is 2.89 bits per heavy atom. The summed E-state index contributed by atoms with van der Waals surface area (Å²) in [4.78, 5) is 26.4. The number of carbonyl (C=O) groups is 1. The van der Waals surface area contributed by atoms with E-state index in [0.717, 1.165) is 10.9 Å². The molecule has 0 spiro atoms. The minimum absolute atomic E-state index is 0.0321. The summed E-state index contributed by atoms with van der Waals surface area (Å²) < 4.78 is 5.73. The van der Waals surface area contributed by atoms with Crippen molar-refractivity contribution in [3.05, 3.63) is 76.5 Å². The molecule has 8 nitrogen and oxygen atoms in total. The van der Waals surface area contributed by atoms with Crippen molar-refractivity contribution in [3.8, 4) is 5.75 Å². The first-order valence-corrected chi connectivity index (χ1v) is 8.66. The molecular weight excluding hydrogens is 360 g/mol. The number of rotatable bonds is 8. The summed E-state index contributed by atoms with van der Waals surface area (Å²) in [6.07, 6.45) is 3.83. The fourth-order valence-electron chi connectivity index (χ4n) is 2.56. The van der Waals surface area contributed by atoms with Crippen LogP contribution in [0.4, 0.5) is 5.69 Å². The van der Waals surface area contributed by atoms with Gasteiger partial charge in [-0.1, -0.05) is 30.3 Å². The molecule has 142 valence electrons. The topological polar surface area (TPSA) is 107 Å². The molecule has 0 saturated carbocycles. The number of hydrogen-bond acceptors (Lipinski definition) is 6. The van der Waals surface area contributed by atoms with E-state index >= 15 is 0 Å². The maximum absolute atomic E-state index is 11.8. The van der Waals surface area contributed by atoms with Crippen molar-refractivity contribution < 1.29 is 14.5 Å². The van der Waals surface area contributed by atoms with E-state index in [1.807, 2.05) is 30.3 Å². The number of hydrogen-bond donors (Lipinski definition) is 1. The molecule has 0 aliphatic carbocycles. The highest BCUT2D eigenvalue weighted by Crippen LogP contribution is 2.23. The molecule has 2 aromatic carbocycles. The number of ether oxygens (including phenoxy) is 1. The highest BCUT2D eigenvalue weighted by molar-refractivity contribution is 5.84. The van der Waals surface area contributed by atoms with Crippen LogP contribution in [0.15, 0.2) is 65.9 Å². The number of nitro groups is 1. The molecule has 0 fully saturated rings. The van der Waals surface area contributed by atoms with Gasteiger partial charge in [0.1, 0.15) is 11.3 Å². The van der Waals surface area contributed by atoms with Crippen LogP contribution in [-0.2, 0) is 4.79 Å². The zero-order valence-corrected chi connectivity index (χ0v) is 14.9. The van der Waals surface area contributed by atoms with Crippen molar-refractivity contribution >= 4 is 28.7 Å². The molecular formula is C20H18N4O4. The normalized spacial score (nSPS) is 10.9. The van der Waals surface area contributed by atoms with Gasteiger partial charge in [0.25, 0.3) is 5.69 Å². The average molecular weight is 378 g/mol. The second-order valence-corrected chi connectivity index (χ2v) is 5.93. The molecule has 0 bridgehead atoms. The van der Waals surface area contributed by atoms with Crippen LogP contribution in [0.3, 0.4) is 0 Å². The number of pyridine rings is 1. The Labute approximate surface area is 161 Å². The van der Waals surface area contributed by atoms with Gasteiger partial charge in [0.05, 0.1) is 17.7 Å². The lowest BCUT2D eigenvalue weighted by molar-refractivity contribution is -0.384. The van der Waals surface area contributed by atoms with Gasteiger partial charge < -0.3 is 4.74 Å². The van der Waals surface area contributed by atoms with Gasteiger partial charge in [-0.15, -0.1) is 0 Å². The fraction of sp³-hybridized carbons (Fsp3) is 0.150. The number of fused-ring (bicyclic) bond motifs is 1. The number of carbonyl (C=O) groups excluding carboxylic acids is 1. The predicted molar refractivity (Wildman–Crippen MR) is 105 cm³/mol. The lowest BCUT2D eigenvalue weighted by Crippen LogP contribution is -2.18. The third-order valence-electron chi connectivity index (χ3n) is 3.89. The molecule has 3 aromatic rings. The third kappa shape index (κ3) is 5.10. The summed E-state index contributed by atoms with van der Waals surface area (Å²) >= 11 is 0. The molecule has 0 atom stereocenters. The number of amides is 1. The van der Waals surface area contributed by atoms with Gasteiger partial charge >= 0.3 is 0 Å². The van der Waals surface area contributed by atoms with Crippen molar-refractivity contribution in [1.82, 2.24) is 10.4 Å². The lowest BCUT2D eigenvalue weighted by Gasteiger charge is -2.08. The maximum Gasteiger partial charge on any atom is 0.270 e. The first kappa shape index (κ1) is 19.0. The van der Waals surface area contributed by atoms with Crippen LogP contribution in [-0.4, -0.2) is 28.6 Å². The van der Waals surface area contributed by atoms with Crippen LogP contribution in [0.25, 0.3) is 10.9 Å². The summed E-state index contributed by atoms with van der Waals surface area (Å²) in [5, 5.41) is 15.5. The fourth-order valence-corrected chi connectivity index (χ4v) is 2.56. The van der Waals surface area contributed by atoms with E-state index in [1.54, 1.807) is 18.3 Å². The van der Waals surface area contributed by atoms with Crippen LogP contribution >= 0.6 is 0 Å². The molecule has 3 rings (SSSR count). The summed E-state index contributed by atoms with van der Waals surface area (Å²) in [5.41, 5.74) is 3.69. The second kappa shape index (κ2) is 9.22. The van der Waals surface area contributed by atoms with Gasteiger partial charge in [0, 0.05) is 35.7 Å². The predicted octanol–water partition coefficient (Wildman–Crippen LogP) is 3.45. The summed E-state index contributed by atoms with van der Waals surface area (Å²) in [5.74, 6) is 0.420. The highest BCUT2D eigenvalue weighted by Gasteiger charge is 2.05. The second-order valence-electron chi connectivity index (χ2n) is 5.93. The van der Waals surface area contributed by atoms with Crippen LogP contribution < -0.4 is 10.2 Å². The molecule has 28 heavy (non-hydrogen) atoms. The van der Waals surface area contributed by atoms with Gasteiger partial charge in [-0.2, -0.15) is 5.10 Å². The average Bonchev–Trinajstić information content (AvgIpc) is 2.71. The van der Waals surface area contributed by atoms with E-state index in [-0.39, 0.29) is 18.0 Å². The number of non-ortho nitro benzene ring substituents is 1. The van der Waals surface area contributed by atoms with E-state index < -0.39 is 4.92 Å². The zero-order valence-electron chi connectivity index (χ0n) is 14.9. The number of para-hydroxylation sites is 1. The molecule has 1 aromatic heterocycles. The molecule has 1 amide bonds. The Kier molecular flexibility index (Phi) is 6.25. The van der Waals surface area contributed by atoms with E-state index in [2.05, 4.69) is 15.5 Å². The van der Waals surface area contributed by atoms with Crippen molar-refractivity contribution in [3.63, 3.8) is 0 Å². The van der Waals surface area contributed by atoms with Crippen molar-refractivity contribution in [2.24, 2.45) is 5.10 Å². The first-order chi connectivity index (χ1) is 13.6. The lowest BCUT2D eigenvalue weighted by atomic mass is 10.2. The molecule has 8 heteroatoms. The number of benzene rings is 2.